The molecule has 1 unspecified atom stereocenters. The lowest BCUT2D eigenvalue weighted by atomic mass is 9.95. The zero-order chi connectivity index (χ0) is 25.2. The Balaban J connectivity index is 2.23. The van der Waals surface area contributed by atoms with Crippen LogP contribution in [0.25, 0.3) is 0 Å². The fourth-order valence-corrected chi connectivity index (χ4v) is 5.82. The Bertz CT molecular complexity index is 1290. The van der Waals surface area contributed by atoms with E-state index < -0.39 is 13.3 Å². The van der Waals surface area contributed by atoms with Crippen LogP contribution in [0, 0.1) is 27.7 Å². The summed E-state index contributed by atoms with van der Waals surface area (Å²) in [5.41, 5.74) is 4.15. The monoisotopic (exact) mass is 480 g/mol. The standard InChI is InChI=1S/C27H29O6P/c1-15-13-16(2)22(18(4)17(15)3)27(29)34(30)26-21(31-5)14-20(24(32-6)25(26)33-7)23(28)19-11-9-8-10-12-19/h8-14,34H,1-7H3. The topological polar surface area (TPSA) is 78.9 Å². The van der Waals surface area contributed by atoms with Crippen molar-refractivity contribution in [3.05, 3.63) is 81.4 Å². The van der Waals surface area contributed by atoms with Gasteiger partial charge < -0.3 is 18.8 Å². The summed E-state index contributed by atoms with van der Waals surface area (Å²) in [5.74, 6) is -0.0231. The average molecular weight is 480 g/mol. The maximum atomic E-state index is 13.8. The number of carbonyl (C=O) groups is 2. The number of benzene rings is 3. The van der Waals surface area contributed by atoms with Crippen molar-refractivity contribution in [2.45, 2.75) is 27.7 Å². The fourth-order valence-electron chi connectivity index (χ4n) is 4.16. The van der Waals surface area contributed by atoms with Crippen LogP contribution in [0.3, 0.4) is 0 Å². The van der Waals surface area contributed by atoms with E-state index in [1.807, 2.05) is 39.8 Å². The van der Waals surface area contributed by atoms with Crippen molar-refractivity contribution < 1.29 is 28.4 Å². The molecule has 3 aromatic carbocycles. The molecule has 0 heterocycles. The van der Waals surface area contributed by atoms with Gasteiger partial charge in [0.05, 0.1) is 26.9 Å². The van der Waals surface area contributed by atoms with Gasteiger partial charge in [0.25, 0.3) is 0 Å². The molecule has 3 aromatic rings. The lowest BCUT2D eigenvalue weighted by Crippen LogP contribution is -2.16. The Hall–Kier alpha value is -3.37. The lowest BCUT2D eigenvalue weighted by molar-refractivity contribution is 0.103. The number of ketones is 1. The summed E-state index contributed by atoms with van der Waals surface area (Å²) >= 11 is 0. The predicted molar refractivity (Wildman–Crippen MR) is 134 cm³/mol. The zero-order valence-corrected chi connectivity index (χ0v) is 21.5. The second-order valence-electron chi connectivity index (χ2n) is 8.06. The van der Waals surface area contributed by atoms with Gasteiger partial charge in [0.1, 0.15) is 11.1 Å². The molecular weight excluding hydrogens is 451 g/mol. The summed E-state index contributed by atoms with van der Waals surface area (Å²) in [7, 11) is 1.05. The number of methoxy groups -OCH3 is 3. The van der Waals surface area contributed by atoms with Gasteiger partial charge >= 0.3 is 0 Å². The van der Waals surface area contributed by atoms with Crippen molar-refractivity contribution in [3.63, 3.8) is 0 Å². The molecule has 34 heavy (non-hydrogen) atoms. The van der Waals surface area contributed by atoms with Crippen LogP contribution in [0.5, 0.6) is 17.2 Å². The van der Waals surface area contributed by atoms with E-state index >= 15 is 0 Å². The van der Waals surface area contributed by atoms with Crippen LogP contribution in [-0.4, -0.2) is 32.6 Å². The minimum Gasteiger partial charge on any atom is -0.496 e. The van der Waals surface area contributed by atoms with Crippen LogP contribution < -0.4 is 19.5 Å². The molecule has 0 aliphatic heterocycles. The second kappa shape index (κ2) is 10.3. The third-order valence-electron chi connectivity index (χ3n) is 6.13. The van der Waals surface area contributed by atoms with E-state index in [1.165, 1.54) is 27.4 Å². The summed E-state index contributed by atoms with van der Waals surface area (Å²) in [6, 6.07) is 12.1. The maximum Gasteiger partial charge on any atom is 0.223 e. The van der Waals surface area contributed by atoms with Crippen molar-refractivity contribution in [1.82, 2.24) is 0 Å². The summed E-state index contributed by atoms with van der Waals surface area (Å²) in [6.45, 7) is 7.60. The van der Waals surface area contributed by atoms with Gasteiger partial charge in [-0.1, -0.05) is 36.4 Å². The summed E-state index contributed by atoms with van der Waals surface area (Å²) in [5, 5.41) is 0.0958. The molecule has 7 heteroatoms. The number of ether oxygens (including phenoxy) is 3. The van der Waals surface area contributed by atoms with E-state index in [9.17, 15) is 14.2 Å². The molecule has 0 fully saturated rings. The van der Waals surface area contributed by atoms with Gasteiger partial charge in [0.15, 0.2) is 25.1 Å². The van der Waals surface area contributed by atoms with Crippen molar-refractivity contribution in [2.75, 3.05) is 21.3 Å². The molecule has 0 aliphatic carbocycles. The van der Waals surface area contributed by atoms with Crippen LogP contribution >= 0.6 is 7.80 Å². The van der Waals surface area contributed by atoms with Gasteiger partial charge in [-0.3, -0.25) is 9.59 Å². The van der Waals surface area contributed by atoms with Gasteiger partial charge in [-0.15, -0.1) is 0 Å². The summed E-state index contributed by atoms with van der Waals surface area (Å²) in [6.07, 6.45) is 0. The SMILES string of the molecule is COc1cc(C(=O)c2ccccc2)c(OC)c(OC)c1[PH](=O)C(=O)c1c(C)cc(C)c(C)c1C. The van der Waals surface area contributed by atoms with Crippen molar-refractivity contribution >= 4 is 24.4 Å². The molecule has 3 rings (SSSR count). The van der Waals surface area contributed by atoms with Crippen LogP contribution in [0.1, 0.15) is 48.5 Å². The van der Waals surface area contributed by atoms with Gasteiger partial charge in [0, 0.05) is 11.1 Å². The molecule has 0 N–H and O–H groups in total. The summed E-state index contributed by atoms with van der Waals surface area (Å²) < 4.78 is 30.4. The molecule has 0 spiro atoms. The van der Waals surface area contributed by atoms with Crippen molar-refractivity contribution in [1.29, 1.82) is 0 Å². The third kappa shape index (κ3) is 4.38. The molecule has 0 aliphatic rings. The highest BCUT2D eigenvalue weighted by atomic mass is 31.1. The first-order chi connectivity index (χ1) is 16.2. The largest absolute Gasteiger partial charge is 0.496 e. The number of hydrogen-bond donors (Lipinski definition) is 0. The van der Waals surface area contributed by atoms with Gasteiger partial charge in [-0.2, -0.15) is 0 Å². The first-order valence-corrected chi connectivity index (χ1v) is 12.2. The lowest BCUT2D eigenvalue weighted by Gasteiger charge is -2.20. The second-order valence-corrected chi connectivity index (χ2v) is 9.67. The normalized spacial score (nSPS) is 11.6. The van der Waals surface area contributed by atoms with Gasteiger partial charge in [-0.05, 0) is 56.0 Å². The first kappa shape index (κ1) is 25.3. The van der Waals surface area contributed by atoms with E-state index in [2.05, 4.69) is 0 Å². The van der Waals surface area contributed by atoms with E-state index in [0.717, 1.165) is 22.3 Å². The van der Waals surface area contributed by atoms with Crippen LogP contribution in [0.4, 0.5) is 0 Å². The molecule has 0 aromatic heterocycles. The Kier molecular flexibility index (Phi) is 7.63. The number of rotatable bonds is 8. The van der Waals surface area contributed by atoms with E-state index in [0.29, 0.717) is 11.1 Å². The quantitative estimate of drug-likeness (QED) is 0.326. The first-order valence-electron chi connectivity index (χ1n) is 10.8. The molecular formula is C27H29O6P. The Morgan fingerprint density at radius 2 is 1.38 bits per heavy atom. The Morgan fingerprint density at radius 1 is 0.765 bits per heavy atom. The molecule has 1 atom stereocenters. The van der Waals surface area contributed by atoms with Gasteiger partial charge in [-0.25, -0.2) is 0 Å². The molecule has 0 saturated heterocycles. The smallest absolute Gasteiger partial charge is 0.223 e. The Morgan fingerprint density at radius 3 is 1.94 bits per heavy atom. The third-order valence-corrected chi connectivity index (χ3v) is 7.72. The highest BCUT2D eigenvalue weighted by Gasteiger charge is 2.32. The highest BCUT2D eigenvalue weighted by Crippen LogP contribution is 2.44. The highest BCUT2D eigenvalue weighted by molar-refractivity contribution is 7.72. The van der Waals surface area contributed by atoms with E-state index in [1.54, 1.807) is 24.3 Å². The molecule has 0 saturated carbocycles. The minimum atomic E-state index is -3.12. The van der Waals surface area contributed by atoms with E-state index in [-0.39, 0.29) is 33.9 Å². The minimum absolute atomic E-state index is 0.0532. The van der Waals surface area contributed by atoms with Crippen LogP contribution in [-0.2, 0) is 4.57 Å². The molecule has 0 bridgehead atoms. The maximum absolute atomic E-state index is 13.8. The number of aryl methyl sites for hydroxylation is 2. The van der Waals surface area contributed by atoms with Crippen LogP contribution in [0.15, 0.2) is 42.5 Å². The molecule has 0 amide bonds. The zero-order valence-electron chi connectivity index (χ0n) is 20.5. The predicted octanol–water partition coefficient (Wildman–Crippen LogP) is 5.20. The molecule has 178 valence electrons. The van der Waals surface area contributed by atoms with Crippen molar-refractivity contribution in [2.24, 2.45) is 0 Å². The number of hydrogen-bond acceptors (Lipinski definition) is 6. The fraction of sp³-hybridized carbons (Fsp3) is 0.259. The van der Waals surface area contributed by atoms with Crippen molar-refractivity contribution in [3.8, 4) is 17.2 Å². The molecule has 6 nitrogen and oxygen atoms in total. The number of carbonyl (C=O) groups excluding carboxylic acids is 2. The van der Waals surface area contributed by atoms with Gasteiger partial charge in [0.2, 0.25) is 5.52 Å². The van der Waals surface area contributed by atoms with E-state index in [4.69, 9.17) is 14.2 Å². The molecule has 0 radical (unpaired) electrons. The van der Waals surface area contributed by atoms with Crippen LogP contribution in [0.2, 0.25) is 0 Å². The average Bonchev–Trinajstić information content (AvgIpc) is 2.85. The Labute approximate surface area is 200 Å². The summed E-state index contributed by atoms with van der Waals surface area (Å²) in [4.78, 5) is 26.8.